The molecule has 3 atom stereocenters. The fraction of sp³-hybridized carbons (Fsp3) is 0.733. The van der Waals surface area contributed by atoms with E-state index in [1.54, 1.807) is 0 Å². The quantitative estimate of drug-likeness (QED) is 0.866. The number of hydrogen-bond acceptors (Lipinski definition) is 3. The van der Waals surface area contributed by atoms with Crippen LogP contribution in [0.1, 0.15) is 43.4 Å². The number of rotatable bonds is 4. The molecule has 19 heavy (non-hydrogen) atoms. The molecule has 2 nitrogen and oxygen atoms in total. The fourth-order valence-corrected chi connectivity index (χ4v) is 5.05. The van der Waals surface area contributed by atoms with Crippen molar-refractivity contribution in [1.29, 1.82) is 0 Å². The van der Waals surface area contributed by atoms with Gasteiger partial charge in [-0.25, -0.2) is 0 Å². The molecule has 4 heteroatoms. The van der Waals surface area contributed by atoms with Gasteiger partial charge in [-0.3, -0.25) is 0 Å². The Bertz CT molecular complexity index is 401. The molecule has 1 saturated carbocycles. The van der Waals surface area contributed by atoms with Gasteiger partial charge in [-0.2, -0.15) is 0 Å². The van der Waals surface area contributed by atoms with Crippen molar-refractivity contribution in [3.05, 3.63) is 20.8 Å². The predicted octanol–water partition coefficient (Wildman–Crippen LogP) is 3.91. The first-order valence-electron chi connectivity index (χ1n) is 7.52. The van der Waals surface area contributed by atoms with Crippen LogP contribution in [-0.4, -0.2) is 18.6 Å². The Morgan fingerprint density at radius 2 is 2.16 bits per heavy atom. The second kappa shape index (κ2) is 6.70. The second-order valence-electron chi connectivity index (χ2n) is 5.87. The fourth-order valence-electron chi connectivity index (χ4n) is 3.65. The highest BCUT2D eigenvalue weighted by Crippen LogP contribution is 2.31. The molecule has 2 aliphatic rings. The third-order valence-electron chi connectivity index (χ3n) is 4.59. The van der Waals surface area contributed by atoms with Gasteiger partial charge in [-0.05, 0) is 60.1 Å². The van der Waals surface area contributed by atoms with Crippen LogP contribution < -0.4 is 10.6 Å². The Hall–Kier alpha value is 0.1000. The van der Waals surface area contributed by atoms with Gasteiger partial charge in [0.1, 0.15) is 0 Å². The normalized spacial score (nSPS) is 31.7. The molecule has 2 N–H and O–H groups in total. The monoisotopic (exact) mass is 342 g/mol. The van der Waals surface area contributed by atoms with Gasteiger partial charge < -0.3 is 10.6 Å². The molecule has 1 aliphatic carbocycles. The SMILES string of the molecule is Brc1csc(CNC2CCCCC2C2CCCN2)c1. The van der Waals surface area contributed by atoms with E-state index in [9.17, 15) is 0 Å². The average molecular weight is 343 g/mol. The molecule has 0 spiro atoms. The van der Waals surface area contributed by atoms with Crippen LogP contribution in [0.2, 0.25) is 0 Å². The van der Waals surface area contributed by atoms with Crippen molar-refractivity contribution in [3.8, 4) is 0 Å². The zero-order valence-corrected chi connectivity index (χ0v) is 13.7. The topological polar surface area (TPSA) is 24.1 Å². The summed E-state index contributed by atoms with van der Waals surface area (Å²) >= 11 is 5.38. The molecule has 0 aromatic carbocycles. The van der Waals surface area contributed by atoms with Crippen LogP contribution in [0, 0.1) is 5.92 Å². The summed E-state index contributed by atoms with van der Waals surface area (Å²) < 4.78 is 1.21. The minimum Gasteiger partial charge on any atom is -0.314 e. The Morgan fingerprint density at radius 3 is 2.89 bits per heavy atom. The molecule has 2 heterocycles. The maximum atomic E-state index is 3.83. The number of thiophene rings is 1. The lowest BCUT2D eigenvalue weighted by molar-refractivity contribution is 0.214. The van der Waals surface area contributed by atoms with Gasteiger partial charge in [-0.15, -0.1) is 11.3 Å². The Kier molecular flexibility index (Phi) is 4.96. The van der Waals surface area contributed by atoms with Crippen LogP contribution in [-0.2, 0) is 6.54 Å². The molecule has 106 valence electrons. The van der Waals surface area contributed by atoms with Crippen molar-refractivity contribution in [2.24, 2.45) is 5.92 Å². The minimum absolute atomic E-state index is 0.713. The average Bonchev–Trinajstić information content (AvgIpc) is 3.08. The van der Waals surface area contributed by atoms with Crippen molar-refractivity contribution in [3.63, 3.8) is 0 Å². The number of hydrogen-bond donors (Lipinski definition) is 2. The van der Waals surface area contributed by atoms with Crippen molar-refractivity contribution >= 4 is 27.3 Å². The standard InChI is InChI=1S/C15H23BrN2S/c16-11-8-12(19-10-11)9-18-15-5-2-1-4-13(15)14-6-3-7-17-14/h8,10,13-15,17-18H,1-7,9H2. The zero-order chi connectivity index (χ0) is 13.1. The summed E-state index contributed by atoms with van der Waals surface area (Å²) in [5.41, 5.74) is 0. The molecule has 2 fully saturated rings. The molecule has 1 saturated heterocycles. The third kappa shape index (κ3) is 3.60. The molecule has 3 unspecified atom stereocenters. The molecule has 1 aromatic rings. The summed E-state index contributed by atoms with van der Waals surface area (Å²) in [6.07, 6.45) is 8.33. The van der Waals surface area contributed by atoms with Crippen LogP contribution in [0.25, 0.3) is 0 Å². The van der Waals surface area contributed by atoms with Gasteiger partial charge in [0.05, 0.1) is 0 Å². The molecule has 0 radical (unpaired) electrons. The van der Waals surface area contributed by atoms with Gasteiger partial charge in [0.15, 0.2) is 0 Å². The summed E-state index contributed by atoms with van der Waals surface area (Å²) in [5.74, 6) is 0.847. The van der Waals surface area contributed by atoms with Crippen molar-refractivity contribution in [2.45, 2.75) is 57.2 Å². The Morgan fingerprint density at radius 1 is 1.26 bits per heavy atom. The van der Waals surface area contributed by atoms with Gasteiger partial charge >= 0.3 is 0 Å². The third-order valence-corrected chi connectivity index (χ3v) is 6.29. The number of nitrogens with one attached hydrogen (secondary N) is 2. The first-order chi connectivity index (χ1) is 9.33. The predicted molar refractivity (Wildman–Crippen MR) is 85.6 cm³/mol. The van der Waals surface area contributed by atoms with E-state index in [0.29, 0.717) is 6.04 Å². The lowest BCUT2D eigenvalue weighted by atomic mass is 9.79. The second-order valence-corrected chi connectivity index (χ2v) is 7.78. The van der Waals surface area contributed by atoms with E-state index < -0.39 is 0 Å². The van der Waals surface area contributed by atoms with Crippen molar-refractivity contribution in [2.75, 3.05) is 6.54 Å². The maximum Gasteiger partial charge on any atom is 0.0302 e. The lowest BCUT2D eigenvalue weighted by Gasteiger charge is -2.36. The van der Waals surface area contributed by atoms with Crippen molar-refractivity contribution in [1.82, 2.24) is 10.6 Å². The highest BCUT2D eigenvalue weighted by molar-refractivity contribution is 9.10. The smallest absolute Gasteiger partial charge is 0.0302 e. The van der Waals surface area contributed by atoms with Crippen LogP contribution in [0.3, 0.4) is 0 Å². The van der Waals surface area contributed by atoms with E-state index in [1.165, 1.54) is 54.4 Å². The molecular weight excluding hydrogens is 320 g/mol. The molecule has 0 amide bonds. The van der Waals surface area contributed by atoms with E-state index in [4.69, 9.17) is 0 Å². The lowest BCUT2D eigenvalue weighted by Crippen LogP contribution is -2.46. The highest BCUT2D eigenvalue weighted by Gasteiger charge is 2.32. The van der Waals surface area contributed by atoms with Gasteiger partial charge in [0.2, 0.25) is 0 Å². The van der Waals surface area contributed by atoms with Crippen LogP contribution in [0.5, 0.6) is 0 Å². The van der Waals surface area contributed by atoms with Crippen molar-refractivity contribution < 1.29 is 0 Å². The molecule has 1 aliphatic heterocycles. The Labute approximate surface area is 128 Å². The summed E-state index contributed by atoms with van der Waals surface area (Å²) in [7, 11) is 0. The zero-order valence-electron chi connectivity index (χ0n) is 11.3. The largest absolute Gasteiger partial charge is 0.314 e. The first-order valence-corrected chi connectivity index (χ1v) is 9.20. The molecule has 0 bridgehead atoms. The summed E-state index contributed by atoms with van der Waals surface area (Å²) in [6, 6.07) is 3.72. The first kappa shape index (κ1) is 14.1. The van der Waals surface area contributed by atoms with E-state index in [2.05, 4.69) is 38.0 Å². The van der Waals surface area contributed by atoms with E-state index in [0.717, 1.165) is 18.5 Å². The Balaban J connectivity index is 1.57. The van der Waals surface area contributed by atoms with Crippen LogP contribution in [0.15, 0.2) is 15.9 Å². The van der Waals surface area contributed by atoms with Gasteiger partial charge in [0.25, 0.3) is 0 Å². The highest BCUT2D eigenvalue weighted by atomic mass is 79.9. The minimum atomic E-state index is 0.713. The van der Waals surface area contributed by atoms with Crippen LogP contribution in [0.4, 0.5) is 0 Å². The van der Waals surface area contributed by atoms with E-state index >= 15 is 0 Å². The van der Waals surface area contributed by atoms with E-state index in [-0.39, 0.29) is 0 Å². The molecule has 1 aromatic heterocycles. The van der Waals surface area contributed by atoms with Gasteiger partial charge in [-0.1, -0.05) is 12.8 Å². The summed E-state index contributed by atoms with van der Waals surface area (Å²) in [4.78, 5) is 1.44. The number of halogens is 1. The molecule has 3 rings (SSSR count). The van der Waals surface area contributed by atoms with Gasteiger partial charge in [0, 0.05) is 33.4 Å². The summed E-state index contributed by atoms with van der Waals surface area (Å²) in [6.45, 7) is 2.26. The molecular formula is C15H23BrN2S. The maximum absolute atomic E-state index is 3.83. The van der Waals surface area contributed by atoms with Crippen LogP contribution >= 0.6 is 27.3 Å². The summed E-state index contributed by atoms with van der Waals surface area (Å²) in [5, 5.41) is 9.72. The van der Waals surface area contributed by atoms with E-state index in [1.807, 2.05) is 11.3 Å².